The highest BCUT2D eigenvalue weighted by Gasteiger charge is 2.09. The molecule has 1 aromatic carbocycles. The second-order valence-corrected chi connectivity index (χ2v) is 3.06. The summed E-state index contributed by atoms with van der Waals surface area (Å²) in [6, 6.07) is 3.32. The highest BCUT2D eigenvalue weighted by molar-refractivity contribution is 6.23. The third kappa shape index (κ3) is 2.83. The fourth-order valence-electron chi connectivity index (χ4n) is 1.08. The van der Waals surface area contributed by atoms with Gasteiger partial charge in [0.05, 0.1) is 0 Å². The number of nitrogens with zero attached hydrogens (tertiary/aromatic N) is 1. The summed E-state index contributed by atoms with van der Waals surface area (Å²) in [6.45, 7) is 0.0643. The predicted octanol–water partition coefficient (Wildman–Crippen LogP) is 1.12. The molecular formula is C10H9F2NO2. The third-order valence-electron chi connectivity index (χ3n) is 1.88. The van der Waals surface area contributed by atoms with Crippen LogP contribution >= 0.6 is 0 Å². The SMILES string of the molecule is CN(Cc1ccc(F)c(F)c1)C(=O)C=O. The Morgan fingerprint density at radius 1 is 1.40 bits per heavy atom. The van der Waals surface area contributed by atoms with Gasteiger partial charge in [0.15, 0.2) is 11.6 Å². The summed E-state index contributed by atoms with van der Waals surface area (Å²) in [5.41, 5.74) is 0.423. The topological polar surface area (TPSA) is 37.4 Å². The van der Waals surface area contributed by atoms with Crippen LogP contribution in [0.4, 0.5) is 8.78 Å². The van der Waals surface area contributed by atoms with Crippen molar-refractivity contribution in [2.45, 2.75) is 6.54 Å². The standard InChI is InChI=1S/C10H9F2NO2/c1-13(10(15)6-14)5-7-2-3-8(11)9(12)4-7/h2-4,6H,5H2,1H3. The lowest BCUT2D eigenvalue weighted by molar-refractivity contribution is -0.138. The van der Waals surface area contributed by atoms with Gasteiger partial charge in [0.25, 0.3) is 5.91 Å². The van der Waals surface area contributed by atoms with Crippen LogP contribution in [-0.4, -0.2) is 24.1 Å². The number of halogens is 2. The van der Waals surface area contributed by atoms with Crippen molar-refractivity contribution in [1.82, 2.24) is 4.90 Å². The number of carbonyl (C=O) groups is 2. The van der Waals surface area contributed by atoms with Gasteiger partial charge in [-0.1, -0.05) is 6.07 Å². The molecule has 1 aromatic rings. The first kappa shape index (κ1) is 11.3. The van der Waals surface area contributed by atoms with Crippen LogP contribution in [0.15, 0.2) is 18.2 Å². The second-order valence-electron chi connectivity index (χ2n) is 3.06. The van der Waals surface area contributed by atoms with Crippen molar-refractivity contribution >= 4 is 12.2 Å². The summed E-state index contributed by atoms with van der Waals surface area (Å²) in [4.78, 5) is 22.1. The molecule has 0 aromatic heterocycles. The van der Waals surface area contributed by atoms with E-state index in [2.05, 4.69) is 0 Å². The summed E-state index contributed by atoms with van der Waals surface area (Å²) in [7, 11) is 1.40. The number of amides is 1. The zero-order valence-electron chi connectivity index (χ0n) is 8.04. The van der Waals surface area contributed by atoms with Gasteiger partial charge in [0, 0.05) is 13.6 Å². The van der Waals surface area contributed by atoms with Crippen molar-refractivity contribution < 1.29 is 18.4 Å². The average Bonchev–Trinajstić information content (AvgIpc) is 2.22. The first-order valence-corrected chi connectivity index (χ1v) is 4.19. The Morgan fingerprint density at radius 3 is 2.60 bits per heavy atom. The first-order chi connectivity index (χ1) is 7.04. The lowest BCUT2D eigenvalue weighted by atomic mass is 10.2. The molecule has 0 saturated carbocycles. The molecule has 0 bridgehead atoms. The molecule has 0 atom stereocenters. The summed E-state index contributed by atoms with van der Waals surface area (Å²) >= 11 is 0. The molecule has 0 heterocycles. The molecule has 0 fully saturated rings. The van der Waals surface area contributed by atoms with Crippen molar-refractivity contribution in [2.75, 3.05) is 7.05 Å². The van der Waals surface area contributed by atoms with E-state index in [-0.39, 0.29) is 12.8 Å². The van der Waals surface area contributed by atoms with Crippen molar-refractivity contribution in [3.8, 4) is 0 Å². The Morgan fingerprint density at radius 2 is 2.07 bits per heavy atom. The van der Waals surface area contributed by atoms with Gasteiger partial charge in [-0.15, -0.1) is 0 Å². The minimum Gasteiger partial charge on any atom is -0.335 e. The fraction of sp³-hybridized carbons (Fsp3) is 0.200. The highest BCUT2D eigenvalue weighted by atomic mass is 19.2. The molecule has 0 spiro atoms. The van der Waals surface area contributed by atoms with Gasteiger partial charge in [-0.2, -0.15) is 0 Å². The predicted molar refractivity (Wildman–Crippen MR) is 48.9 cm³/mol. The van der Waals surface area contributed by atoms with Crippen molar-refractivity contribution in [1.29, 1.82) is 0 Å². The van der Waals surface area contributed by atoms with Crippen LogP contribution in [0.2, 0.25) is 0 Å². The van der Waals surface area contributed by atoms with Crippen LogP contribution < -0.4 is 0 Å². The number of hydrogen-bond acceptors (Lipinski definition) is 2. The van der Waals surface area contributed by atoms with Crippen LogP contribution in [-0.2, 0) is 16.1 Å². The molecule has 1 rings (SSSR count). The Kier molecular flexibility index (Phi) is 3.49. The van der Waals surface area contributed by atoms with Crippen molar-refractivity contribution in [3.63, 3.8) is 0 Å². The Balaban J connectivity index is 2.77. The molecule has 0 aliphatic heterocycles. The van der Waals surface area contributed by atoms with E-state index >= 15 is 0 Å². The number of carbonyl (C=O) groups excluding carboxylic acids is 2. The quantitative estimate of drug-likeness (QED) is 0.557. The van der Waals surface area contributed by atoms with Crippen LogP contribution in [0.3, 0.4) is 0 Å². The van der Waals surface area contributed by atoms with Gasteiger partial charge in [-0.3, -0.25) is 9.59 Å². The minimum absolute atomic E-state index is 0.0643. The summed E-state index contributed by atoms with van der Waals surface area (Å²) in [5.74, 6) is -2.62. The summed E-state index contributed by atoms with van der Waals surface area (Å²) < 4.78 is 25.3. The minimum atomic E-state index is -0.973. The summed E-state index contributed by atoms with van der Waals surface area (Å²) in [6.07, 6.45) is 0.167. The normalized spacial score (nSPS) is 9.80. The maximum atomic E-state index is 12.8. The van der Waals surface area contributed by atoms with Crippen molar-refractivity contribution in [2.24, 2.45) is 0 Å². The van der Waals surface area contributed by atoms with Gasteiger partial charge in [0.2, 0.25) is 6.29 Å². The molecule has 0 aliphatic rings. The van der Waals surface area contributed by atoms with Gasteiger partial charge >= 0.3 is 0 Å². The second kappa shape index (κ2) is 4.63. The number of rotatable bonds is 3. The Labute approximate surface area is 85.3 Å². The number of hydrogen-bond donors (Lipinski definition) is 0. The third-order valence-corrected chi connectivity index (χ3v) is 1.88. The van der Waals surface area contributed by atoms with E-state index in [0.717, 1.165) is 17.0 Å². The number of likely N-dealkylation sites (N-methyl/N-ethyl adjacent to an activating group) is 1. The van der Waals surface area contributed by atoms with Crippen molar-refractivity contribution in [3.05, 3.63) is 35.4 Å². The zero-order chi connectivity index (χ0) is 11.4. The van der Waals surface area contributed by atoms with E-state index in [0.29, 0.717) is 5.56 Å². The maximum Gasteiger partial charge on any atom is 0.286 e. The van der Waals surface area contributed by atoms with Gasteiger partial charge in [-0.25, -0.2) is 8.78 Å². The molecular weight excluding hydrogens is 204 g/mol. The highest BCUT2D eigenvalue weighted by Crippen LogP contribution is 2.10. The monoisotopic (exact) mass is 213 g/mol. The maximum absolute atomic E-state index is 12.8. The van der Waals surface area contributed by atoms with Crippen LogP contribution in [0, 0.1) is 11.6 Å². The lowest BCUT2D eigenvalue weighted by Crippen LogP contribution is -2.26. The zero-order valence-corrected chi connectivity index (χ0v) is 8.04. The molecule has 0 saturated heterocycles. The van der Waals surface area contributed by atoms with E-state index in [1.807, 2.05) is 0 Å². The number of aldehydes is 1. The van der Waals surface area contributed by atoms with E-state index in [1.54, 1.807) is 0 Å². The van der Waals surface area contributed by atoms with E-state index < -0.39 is 17.5 Å². The largest absolute Gasteiger partial charge is 0.335 e. The van der Waals surface area contributed by atoms with Gasteiger partial charge in [0.1, 0.15) is 0 Å². The van der Waals surface area contributed by atoms with Gasteiger partial charge < -0.3 is 4.90 Å². The molecule has 3 nitrogen and oxygen atoms in total. The summed E-state index contributed by atoms with van der Waals surface area (Å²) in [5, 5.41) is 0. The molecule has 0 unspecified atom stereocenters. The van der Waals surface area contributed by atoms with Gasteiger partial charge in [-0.05, 0) is 17.7 Å². The molecule has 15 heavy (non-hydrogen) atoms. The fourth-order valence-corrected chi connectivity index (χ4v) is 1.08. The molecule has 5 heteroatoms. The Hall–Kier alpha value is -1.78. The van der Waals surface area contributed by atoms with E-state index in [4.69, 9.17) is 0 Å². The molecule has 80 valence electrons. The van der Waals surface area contributed by atoms with E-state index in [1.165, 1.54) is 13.1 Å². The number of benzene rings is 1. The molecule has 0 aliphatic carbocycles. The molecule has 0 radical (unpaired) electrons. The van der Waals surface area contributed by atoms with Crippen LogP contribution in [0.25, 0.3) is 0 Å². The molecule has 1 amide bonds. The van der Waals surface area contributed by atoms with Crippen LogP contribution in [0.1, 0.15) is 5.56 Å². The Bertz CT molecular complexity index is 393. The average molecular weight is 213 g/mol. The molecule has 0 N–H and O–H groups in total. The van der Waals surface area contributed by atoms with E-state index in [9.17, 15) is 18.4 Å². The lowest BCUT2D eigenvalue weighted by Gasteiger charge is -2.13. The first-order valence-electron chi connectivity index (χ1n) is 4.19. The van der Waals surface area contributed by atoms with Crippen LogP contribution in [0.5, 0.6) is 0 Å². The smallest absolute Gasteiger partial charge is 0.286 e.